The second-order valence-corrected chi connectivity index (χ2v) is 5.64. The summed E-state index contributed by atoms with van der Waals surface area (Å²) in [5.41, 5.74) is 0. The van der Waals surface area contributed by atoms with Gasteiger partial charge >= 0.3 is 0 Å². The van der Waals surface area contributed by atoms with Crippen molar-refractivity contribution < 1.29 is 0 Å². The van der Waals surface area contributed by atoms with Crippen LogP contribution in [0.4, 0.5) is 0 Å². The molecule has 4 nitrogen and oxygen atoms in total. The first kappa shape index (κ1) is 16.0. The molecular weight excluding hydrogens is 236 g/mol. The molecule has 0 radical (unpaired) electrons. The molecule has 2 atom stereocenters. The fourth-order valence-corrected chi connectivity index (χ4v) is 2.79. The van der Waals surface area contributed by atoms with Crippen LogP contribution in [0.25, 0.3) is 0 Å². The van der Waals surface area contributed by atoms with Gasteiger partial charge in [0.15, 0.2) is 5.96 Å². The third kappa shape index (κ3) is 6.62. The highest BCUT2D eigenvalue weighted by Gasteiger charge is 2.20. The Hall–Kier alpha value is -1.03. The topological polar surface area (TPSA) is 39.7 Å². The number of piperidine rings is 1. The van der Waals surface area contributed by atoms with Crippen molar-refractivity contribution in [3.05, 3.63) is 12.7 Å². The van der Waals surface area contributed by atoms with Gasteiger partial charge < -0.3 is 15.5 Å². The third-order valence-electron chi connectivity index (χ3n) is 3.39. The molecule has 1 heterocycles. The summed E-state index contributed by atoms with van der Waals surface area (Å²) >= 11 is 0. The van der Waals surface area contributed by atoms with E-state index in [1.165, 1.54) is 19.5 Å². The maximum Gasteiger partial charge on any atom is 0.191 e. The predicted octanol–water partition coefficient (Wildman–Crippen LogP) is 1.71. The van der Waals surface area contributed by atoms with Crippen LogP contribution < -0.4 is 10.6 Å². The molecule has 2 unspecified atom stereocenters. The van der Waals surface area contributed by atoms with Crippen molar-refractivity contribution in [2.24, 2.45) is 16.8 Å². The zero-order valence-corrected chi connectivity index (χ0v) is 12.8. The first-order chi connectivity index (χ1) is 9.15. The fraction of sp³-hybridized carbons (Fsp3) is 0.800. The van der Waals surface area contributed by atoms with Gasteiger partial charge in [-0.25, -0.2) is 0 Å². The van der Waals surface area contributed by atoms with Gasteiger partial charge in [-0.2, -0.15) is 0 Å². The monoisotopic (exact) mass is 266 g/mol. The Kier molecular flexibility index (Phi) is 7.56. The van der Waals surface area contributed by atoms with E-state index in [0.717, 1.165) is 44.0 Å². The number of guanidine groups is 1. The number of aliphatic imine (C=N–C) groups is 1. The van der Waals surface area contributed by atoms with Gasteiger partial charge in [-0.3, -0.25) is 4.99 Å². The summed E-state index contributed by atoms with van der Waals surface area (Å²) in [5.74, 6) is 2.53. The lowest BCUT2D eigenvalue weighted by molar-refractivity contribution is 0.145. The lowest BCUT2D eigenvalue weighted by atomic mass is 9.92. The van der Waals surface area contributed by atoms with Crippen LogP contribution in [0.3, 0.4) is 0 Å². The van der Waals surface area contributed by atoms with E-state index in [0.29, 0.717) is 0 Å². The molecule has 0 aliphatic carbocycles. The molecule has 1 rings (SSSR count). The maximum absolute atomic E-state index is 4.60. The van der Waals surface area contributed by atoms with E-state index in [9.17, 15) is 0 Å². The van der Waals surface area contributed by atoms with E-state index in [1.54, 1.807) is 0 Å². The van der Waals surface area contributed by atoms with Gasteiger partial charge in [-0.1, -0.05) is 19.9 Å². The van der Waals surface area contributed by atoms with Gasteiger partial charge in [-0.05, 0) is 25.2 Å². The molecule has 1 saturated heterocycles. The Labute approximate surface area is 118 Å². The van der Waals surface area contributed by atoms with Crippen molar-refractivity contribution in [3.63, 3.8) is 0 Å². The second-order valence-electron chi connectivity index (χ2n) is 5.64. The maximum atomic E-state index is 4.60. The van der Waals surface area contributed by atoms with Crippen molar-refractivity contribution >= 4 is 5.96 Å². The molecule has 0 spiro atoms. The second kappa shape index (κ2) is 8.97. The minimum absolute atomic E-state index is 0.754. The van der Waals surface area contributed by atoms with Crippen molar-refractivity contribution in [1.82, 2.24) is 15.5 Å². The van der Waals surface area contributed by atoms with Gasteiger partial charge in [0.25, 0.3) is 0 Å². The minimum Gasteiger partial charge on any atom is -0.357 e. The highest BCUT2D eigenvalue weighted by molar-refractivity contribution is 5.79. The van der Waals surface area contributed by atoms with Crippen LogP contribution in [0.2, 0.25) is 0 Å². The van der Waals surface area contributed by atoms with Crippen LogP contribution in [0.1, 0.15) is 27.2 Å². The van der Waals surface area contributed by atoms with Crippen LogP contribution in [0.5, 0.6) is 0 Å². The average molecular weight is 266 g/mol. The Balaban J connectivity index is 2.34. The molecule has 0 saturated carbocycles. The molecule has 0 aromatic rings. The number of nitrogens with one attached hydrogen (secondary N) is 2. The molecule has 0 amide bonds. The van der Waals surface area contributed by atoms with E-state index in [4.69, 9.17) is 0 Å². The normalized spacial score (nSPS) is 25.1. The zero-order valence-electron chi connectivity index (χ0n) is 12.8. The largest absolute Gasteiger partial charge is 0.357 e. The van der Waals surface area contributed by atoms with Gasteiger partial charge in [0.1, 0.15) is 0 Å². The van der Waals surface area contributed by atoms with E-state index >= 15 is 0 Å². The smallest absolute Gasteiger partial charge is 0.191 e. The van der Waals surface area contributed by atoms with E-state index in [-0.39, 0.29) is 0 Å². The fourth-order valence-electron chi connectivity index (χ4n) is 2.79. The van der Waals surface area contributed by atoms with Crippen molar-refractivity contribution in [3.8, 4) is 0 Å². The van der Waals surface area contributed by atoms with Crippen LogP contribution in [0, 0.1) is 11.8 Å². The number of hydrogen-bond donors (Lipinski definition) is 2. The van der Waals surface area contributed by atoms with Gasteiger partial charge in [0.2, 0.25) is 0 Å². The van der Waals surface area contributed by atoms with Crippen molar-refractivity contribution in [1.29, 1.82) is 0 Å². The zero-order chi connectivity index (χ0) is 14.1. The quantitative estimate of drug-likeness (QED) is 0.437. The molecular formula is C15H30N4. The first-order valence-corrected chi connectivity index (χ1v) is 7.51. The highest BCUT2D eigenvalue weighted by atomic mass is 15.2. The standard InChI is InChI=1S/C15H30N4/c1-5-7-17-15(16-6-2)18-8-9-19-11-13(3)10-14(4)12-19/h5,13-14H,1,6-12H2,2-4H3,(H2,16,17,18). The van der Waals surface area contributed by atoms with Crippen molar-refractivity contribution in [2.45, 2.75) is 27.2 Å². The van der Waals surface area contributed by atoms with Gasteiger partial charge in [0, 0.05) is 32.7 Å². The Morgan fingerprint density at radius 2 is 2.00 bits per heavy atom. The van der Waals surface area contributed by atoms with Gasteiger partial charge in [0.05, 0.1) is 6.54 Å². The number of rotatable bonds is 6. The summed E-state index contributed by atoms with van der Waals surface area (Å²) in [6.45, 7) is 16.5. The number of nitrogens with zero attached hydrogens (tertiary/aromatic N) is 2. The third-order valence-corrected chi connectivity index (χ3v) is 3.39. The van der Waals surface area contributed by atoms with E-state index in [1.807, 2.05) is 6.08 Å². The van der Waals surface area contributed by atoms with Gasteiger partial charge in [-0.15, -0.1) is 6.58 Å². The minimum atomic E-state index is 0.754. The molecule has 19 heavy (non-hydrogen) atoms. The van der Waals surface area contributed by atoms with Crippen LogP contribution in [-0.2, 0) is 0 Å². The molecule has 2 N–H and O–H groups in total. The average Bonchev–Trinajstić information content (AvgIpc) is 2.34. The summed E-state index contributed by atoms with van der Waals surface area (Å²) in [6, 6.07) is 0. The summed E-state index contributed by atoms with van der Waals surface area (Å²) in [7, 11) is 0. The van der Waals surface area contributed by atoms with E-state index in [2.05, 4.69) is 47.9 Å². The van der Waals surface area contributed by atoms with Crippen LogP contribution in [-0.4, -0.2) is 50.1 Å². The lowest BCUT2D eigenvalue weighted by Gasteiger charge is -2.34. The van der Waals surface area contributed by atoms with Crippen LogP contribution in [0.15, 0.2) is 17.6 Å². The summed E-state index contributed by atoms with van der Waals surface area (Å²) in [4.78, 5) is 7.14. The molecule has 1 aliphatic rings. The molecule has 0 aromatic heterocycles. The lowest BCUT2D eigenvalue weighted by Crippen LogP contribution is -2.41. The molecule has 0 aromatic carbocycles. The molecule has 1 fully saturated rings. The number of hydrogen-bond acceptors (Lipinski definition) is 2. The Morgan fingerprint density at radius 3 is 2.58 bits per heavy atom. The first-order valence-electron chi connectivity index (χ1n) is 7.51. The Morgan fingerprint density at radius 1 is 1.32 bits per heavy atom. The highest BCUT2D eigenvalue weighted by Crippen LogP contribution is 2.20. The molecule has 4 heteroatoms. The van der Waals surface area contributed by atoms with E-state index < -0.39 is 0 Å². The SMILES string of the molecule is C=CCNC(=NCCN1CC(C)CC(C)C1)NCC. The number of likely N-dealkylation sites (tertiary alicyclic amines) is 1. The Bertz CT molecular complexity index is 278. The van der Waals surface area contributed by atoms with Crippen molar-refractivity contribution in [2.75, 3.05) is 39.3 Å². The molecule has 0 bridgehead atoms. The summed E-state index contributed by atoms with van der Waals surface area (Å²) < 4.78 is 0. The summed E-state index contributed by atoms with van der Waals surface area (Å²) in [6.07, 6.45) is 3.21. The molecule has 1 aliphatic heterocycles. The van der Waals surface area contributed by atoms with Crippen LogP contribution >= 0.6 is 0 Å². The predicted molar refractivity (Wildman–Crippen MR) is 83.6 cm³/mol. The summed E-state index contributed by atoms with van der Waals surface area (Å²) in [5, 5.41) is 6.47. The molecule has 110 valence electrons.